The van der Waals surface area contributed by atoms with Crippen LogP contribution in [0.5, 0.6) is 5.75 Å². The number of ether oxygens (including phenoxy) is 1. The normalized spacial score (nSPS) is 17.9. The summed E-state index contributed by atoms with van der Waals surface area (Å²) in [4.78, 5) is 0. The Morgan fingerprint density at radius 1 is 0.870 bits per heavy atom. The third-order valence-electron chi connectivity index (χ3n) is 4.59. The summed E-state index contributed by atoms with van der Waals surface area (Å²) in [5.74, 6) is 1.73. The van der Waals surface area contributed by atoms with Crippen molar-refractivity contribution in [1.29, 1.82) is 0 Å². The first-order chi connectivity index (χ1) is 11.4. The van der Waals surface area contributed by atoms with Crippen LogP contribution in [0.3, 0.4) is 0 Å². The number of para-hydroxylation sites is 2. The molecule has 3 nitrogen and oxygen atoms in total. The minimum atomic E-state index is 0.504. The molecule has 1 aliphatic heterocycles. The maximum atomic E-state index is 6.21. The third kappa shape index (κ3) is 3.04. The number of benzene rings is 2. The van der Waals surface area contributed by atoms with E-state index in [1.54, 1.807) is 0 Å². The van der Waals surface area contributed by atoms with Crippen LogP contribution in [0.4, 0.5) is 5.69 Å². The van der Waals surface area contributed by atoms with E-state index in [4.69, 9.17) is 4.74 Å². The Morgan fingerprint density at radius 2 is 1.61 bits per heavy atom. The lowest BCUT2D eigenvalue weighted by molar-refractivity contribution is 0.316. The van der Waals surface area contributed by atoms with Crippen LogP contribution in [0.1, 0.15) is 37.7 Å². The van der Waals surface area contributed by atoms with Gasteiger partial charge in [0.15, 0.2) is 5.75 Å². The number of anilines is 1. The first-order valence-electron chi connectivity index (χ1n) is 8.50. The monoisotopic (exact) mass is 306 g/mol. The van der Waals surface area contributed by atoms with Crippen molar-refractivity contribution in [3.8, 4) is 5.75 Å². The summed E-state index contributed by atoms with van der Waals surface area (Å²) in [5.41, 5.74) is 3.18. The van der Waals surface area contributed by atoms with E-state index >= 15 is 0 Å². The van der Waals surface area contributed by atoms with Gasteiger partial charge < -0.3 is 15.4 Å². The molecule has 3 heteroatoms. The molecule has 0 bridgehead atoms. The minimum absolute atomic E-state index is 0.504. The average Bonchev–Trinajstić information content (AvgIpc) is 2.63. The summed E-state index contributed by atoms with van der Waals surface area (Å²) in [7, 11) is 0. The van der Waals surface area contributed by atoms with Gasteiger partial charge in [0.1, 0.15) is 5.70 Å². The molecule has 1 saturated carbocycles. The fraction of sp³-hybridized carbons (Fsp3) is 0.300. The Balaban J connectivity index is 1.68. The lowest BCUT2D eigenvalue weighted by Gasteiger charge is -2.30. The molecular formula is C20H22N2O. The minimum Gasteiger partial charge on any atom is -0.437 e. The second-order valence-corrected chi connectivity index (χ2v) is 6.27. The molecule has 0 aromatic heterocycles. The van der Waals surface area contributed by atoms with Gasteiger partial charge in [-0.05, 0) is 25.0 Å². The highest BCUT2D eigenvalue weighted by molar-refractivity contribution is 5.82. The zero-order chi connectivity index (χ0) is 15.5. The Morgan fingerprint density at radius 3 is 2.43 bits per heavy atom. The molecule has 1 aliphatic carbocycles. The van der Waals surface area contributed by atoms with Gasteiger partial charge in [0, 0.05) is 11.6 Å². The largest absolute Gasteiger partial charge is 0.437 e. The van der Waals surface area contributed by atoms with Crippen LogP contribution in [-0.2, 0) is 0 Å². The highest BCUT2D eigenvalue weighted by atomic mass is 16.5. The molecule has 2 aliphatic rings. The molecule has 0 spiro atoms. The van der Waals surface area contributed by atoms with Gasteiger partial charge in [0.05, 0.1) is 5.69 Å². The van der Waals surface area contributed by atoms with E-state index < -0.39 is 0 Å². The van der Waals surface area contributed by atoms with Gasteiger partial charge in [0.2, 0.25) is 5.88 Å². The summed E-state index contributed by atoms with van der Waals surface area (Å²) in [5, 5.41) is 7.19. The van der Waals surface area contributed by atoms with Crippen molar-refractivity contribution in [2.24, 2.45) is 0 Å². The van der Waals surface area contributed by atoms with E-state index in [1.165, 1.54) is 32.1 Å². The molecule has 0 atom stereocenters. The van der Waals surface area contributed by atoms with E-state index in [-0.39, 0.29) is 0 Å². The van der Waals surface area contributed by atoms with Crippen molar-refractivity contribution in [1.82, 2.24) is 5.32 Å². The number of fused-ring (bicyclic) bond motifs is 1. The van der Waals surface area contributed by atoms with Crippen molar-refractivity contribution in [2.75, 3.05) is 5.32 Å². The molecule has 0 radical (unpaired) electrons. The van der Waals surface area contributed by atoms with Crippen LogP contribution in [0.15, 0.2) is 60.5 Å². The van der Waals surface area contributed by atoms with Gasteiger partial charge in [-0.25, -0.2) is 0 Å². The number of rotatable bonds is 3. The number of hydrogen-bond acceptors (Lipinski definition) is 3. The zero-order valence-corrected chi connectivity index (χ0v) is 13.2. The standard InChI is InChI=1S/C20H22N2O/c1-3-9-15(10-4-1)19-20(21-16-11-5-2-6-12-16)23-18-14-8-7-13-17(18)22-19/h1,3-4,7-10,13-14,16,21-22H,2,5-6,11-12H2. The fourth-order valence-electron chi connectivity index (χ4n) is 3.35. The maximum absolute atomic E-state index is 6.21. The molecule has 0 amide bonds. The van der Waals surface area contributed by atoms with Gasteiger partial charge in [-0.15, -0.1) is 0 Å². The van der Waals surface area contributed by atoms with Crippen LogP contribution < -0.4 is 15.4 Å². The number of nitrogens with one attached hydrogen (secondary N) is 2. The molecule has 2 N–H and O–H groups in total. The summed E-state index contributed by atoms with van der Waals surface area (Å²) in [6.45, 7) is 0. The van der Waals surface area contributed by atoms with Crippen LogP contribution >= 0.6 is 0 Å². The van der Waals surface area contributed by atoms with Gasteiger partial charge >= 0.3 is 0 Å². The van der Waals surface area contributed by atoms with Gasteiger partial charge in [-0.3, -0.25) is 0 Å². The smallest absolute Gasteiger partial charge is 0.218 e. The van der Waals surface area contributed by atoms with Crippen LogP contribution in [0.25, 0.3) is 5.70 Å². The van der Waals surface area contributed by atoms with Crippen LogP contribution in [0, 0.1) is 0 Å². The van der Waals surface area contributed by atoms with Crippen molar-refractivity contribution >= 4 is 11.4 Å². The highest BCUT2D eigenvalue weighted by Gasteiger charge is 2.23. The van der Waals surface area contributed by atoms with Crippen LogP contribution in [-0.4, -0.2) is 6.04 Å². The second kappa shape index (κ2) is 6.37. The van der Waals surface area contributed by atoms with E-state index in [9.17, 15) is 0 Å². The quantitative estimate of drug-likeness (QED) is 0.859. The zero-order valence-electron chi connectivity index (χ0n) is 13.2. The Labute approximate surface area is 137 Å². The van der Waals surface area contributed by atoms with E-state index in [0.717, 1.165) is 28.6 Å². The average molecular weight is 306 g/mol. The van der Waals surface area contributed by atoms with E-state index in [1.807, 2.05) is 24.3 Å². The van der Waals surface area contributed by atoms with Gasteiger partial charge in [0.25, 0.3) is 0 Å². The summed E-state index contributed by atoms with van der Waals surface area (Å²) in [6, 6.07) is 19.0. The fourth-order valence-corrected chi connectivity index (χ4v) is 3.35. The molecule has 23 heavy (non-hydrogen) atoms. The maximum Gasteiger partial charge on any atom is 0.218 e. The summed E-state index contributed by atoms with van der Waals surface area (Å²) in [6.07, 6.45) is 6.39. The molecule has 0 saturated heterocycles. The molecule has 1 fully saturated rings. The molecule has 1 heterocycles. The van der Waals surface area contributed by atoms with Gasteiger partial charge in [-0.2, -0.15) is 0 Å². The van der Waals surface area contributed by atoms with Crippen molar-refractivity contribution in [3.63, 3.8) is 0 Å². The Bertz CT molecular complexity index is 703. The SMILES string of the molecule is c1ccc(C2=C(NC3CCCCC3)Oc3ccccc3N2)cc1. The highest BCUT2D eigenvalue weighted by Crippen LogP contribution is 2.35. The Hall–Kier alpha value is -2.42. The first kappa shape index (κ1) is 14.2. The molecule has 2 aromatic carbocycles. The molecule has 0 unspecified atom stereocenters. The third-order valence-corrected chi connectivity index (χ3v) is 4.59. The summed E-state index contributed by atoms with van der Waals surface area (Å²) >= 11 is 0. The molecular weight excluding hydrogens is 284 g/mol. The van der Waals surface area contributed by atoms with Crippen molar-refractivity contribution in [3.05, 3.63) is 66.0 Å². The van der Waals surface area contributed by atoms with Crippen molar-refractivity contribution < 1.29 is 4.74 Å². The van der Waals surface area contributed by atoms with Gasteiger partial charge in [-0.1, -0.05) is 61.7 Å². The molecule has 2 aromatic rings. The molecule has 118 valence electrons. The predicted octanol–water partition coefficient (Wildman–Crippen LogP) is 4.74. The Kier molecular flexibility index (Phi) is 3.93. The number of hydrogen-bond donors (Lipinski definition) is 2. The second-order valence-electron chi connectivity index (χ2n) is 6.27. The van der Waals surface area contributed by atoms with E-state index in [0.29, 0.717) is 6.04 Å². The van der Waals surface area contributed by atoms with Crippen LogP contribution in [0.2, 0.25) is 0 Å². The van der Waals surface area contributed by atoms with Crippen molar-refractivity contribution in [2.45, 2.75) is 38.1 Å². The molecule has 4 rings (SSSR count). The lowest BCUT2D eigenvalue weighted by Crippen LogP contribution is -2.35. The predicted molar refractivity (Wildman–Crippen MR) is 94.1 cm³/mol. The summed E-state index contributed by atoms with van der Waals surface area (Å²) < 4.78 is 6.21. The topological polar surface area (TPSA) is 33.3 Å². The van der Waals surface area contributed by atoms with E-state index in [2.05, 4.69) is 41.0 Å². The lowest BCUT2D eigenvalue weighted by atomic mass is 9.95. The first-order valence-corrected chi connectivity index (χ1v) is 8.50.